The highest BCUT2D eigenvalue weighted by Crippen LogP contribution is 2.29. The van der Waals surface area contributed by atoms with E-state index in [2.05, 4.69) is 14.8 Å². The molecule has 0 saturated carbocycles. The zero-order valence-corrected chi connectivity index (χ0v) is 8.52. The van der Waals surface area contributed by atoms with Crippen LogP contribution >= 0.6 is 0 Å². The summed E-state index contributed by atoms with van der Waals surface area (Å²) in [6.07, 6.45) is -3.76. The first-order valence-electron chi connectivity index (χ1n) is 4.49. The lowest BCUT2D eigenvalue weighted by molar-refractivity contribution is -0.143. The number of aromatic nitrogens is 3. The summed E-state index contributed by atoms with van der Waals surface area (Å²) in [5.41, 5.74) is -0.759. The van der Waals surface area contributed by atoms with E-state index in [1.54, 1.807) is 6.92 Å². The van der Waals surface area contributed by atoms with Crippen LogP contribution in [0.5, 0.6) is 0 Å². The van der Waals surface area contributed by atoms with Crippen LogP contribution in [0.3, 0.4) is 0 Å². The molecule has 8 heteroatoms. The molecule has 0 fully saturated rings. The molecule has 0 spiro atoms. The van der Waals surface area contributed by atoms with E-state index in [4.69, 9.17) is 0 Å². The quantitative estimate of drug-likeness (QED) is 0.769. The lowest BCUT2D eigenvalue weighted by Gasteiger charge is -2.06. The minimum Gasteiger partial charge on any atom is -0.351 e. The minimum absolute atomic E-state index is 0.236. The molecule has 2 rings (SSSR count). The highest BCUT2D eigenvalue weighted by molar-refractivity contribution is 5.93. The lowest BCUT2D eigenvalue weighted by Crippen LogP contribution is -2.21. The molecule has 0 aliphatic heterocycles. The molecule has 0 unspecified atom stereocenters. The summed E-state index contributed by atoms with van der Waals surface area (Å²) in [6.45, 7) is 1.55. The molecular weight excluding hydrogens is 239 g/mol. The van der Waals surface area contributed by atoms with E-state index in [1.807, 2.05) is 0 Å². The number of alkyl halides is 3. The normalized spacial score (nSPS) is 11.8. The molecule has 2 aromatic heterocycles. The van der Waals surface area contributed by atoms with Crippen molar-refractivity contribution < 1.29 is 22.5 Å². The highest BCUT2D eigenvalue weighted by Gasteiger charge is 2.37. The van der Waals surface area contributed by atoms with Gasteiger partial charge < -0.3 is 4.52 Å². The van der Waals surface area contributed by atoms with Crippen LogP contribution in [0, 0.1) is 6.92 Å². The van der Waals surface area contributed by atoms with Gasteiger partial charge in [0.1, 0.15) is 0 Å². The van der Waals surface area contributed by atoms with Crippen molar-refractivity contribution in [2.24, 2.45) is 0 Å². The summed E-state index contributed by atoms with van der Waals surface area (Å²) in [4.78, 5) is 11.7. The Balaban J connectivity index is 2.42. The van der Waals surface area contributed by atoms with Crippen LogP contribution in [0.1, 0.15) is 21.9 Å². The molecule has 17 heavy (non-hydrogen) atoms. The van der Waals surface area contributed by atoms with Crippen LogP contribution in [0.2, 0.25) is 0 Å². The average molecular weight is 245 g/mol. The molecule has 0 radical (unpaired) electrons. The molecule has 2 heterocycles. The summed E-state index contributed by atoms with van der Waals surface area (Å²) < 4.78 is 42.3. The number of nitrogens with zero attached hydrogens (tertiary/aromatic N) is 3. The Bertz CT molecular complexity index is 556. The summed E-state index contributed by atoms with van der Waals surface area (Å²) in [5.74, 6) is -1.31. The smallest absolute Gasteiger partial charge is 0.351 e. The fraction of sp³-hybridized carbons (Fsp3) is 0.222. The second-order valence-corrected chi connectivity index (χ2v) is 3.26. The first kappa shape index (κ1) is 11.4. The standard InChI is InChI=1S/C9H6F3N3O2/c1-5-4-6(17-14-5)8(16)15-7(2-3-13-15)9(10,11)12/h2-4H,1H3. The SMILES string of the molecule is Cc1cc(C(=O)n2nccc2C(F)(F)F)on1. The third-order valence-electron chi connectivity index (χ3n) is 1.96. The Morgan fingerprint density at radius 3 is 2.71 bits per heavy atom. The van der Waals surface area contributed by atoms with Crippen molar-refractivity contribution in [2.45, 2.75) is 13.1 Å². The van der Waals surface area contributed by atoms with Crippen LogP contribution in [-0.2, 0) is 6.18 Å². The Morgan fingerprint density at radius 2 is 2.18 bits per heavy atom. The first-order valence-corrected chi connectivity index (χ1v) is 4.49. The number of rotatable bonds is 1. The van der Waals surface area contributed by atoms with Crippen LogP contribution in [0.4, 0.5) is 13.2 Å². The molecule has 2 aromatic rings. The summed E-state index contributed by atoms with van der Waals surface area (Å²) in [7, 11) is 0. The van der Waals surface area contributed by atoms with Gasteiger partial charge in [-0.15, -0.1) is 0 Å². The van der Waals surface area contributed by atoms with Gasteiger partial charge in [0.05, 0.1) is 11.9 Å². The van der Waals surface area contributed by atoms with E-state index in [0.717, 1.165) is 6.20 Å². The fourth-order valence-electron chi connectivity index (χ4n) is 1.25. The van der Waals surface area contributed by atoms with E-state index >= 15 is 0 Å². The van der Waals surface area contributed by atoms with Gasteiger partial charge in [0, 0.05) is 6.07 Å². The third-order valence-corrected chi connectivity index (χ3v) is 1.96. The Hall–Kier alpha value is -2.12. The molecule has 0 N–H and O–H groups in total. The molecule has 0 saturated heterocycles. The van der Waals surface area contributed by atoms with Crippen LogP contribution in [0.25, 0.3) is 0 Å². The maximum atomic E-state index is 12.5. The number of hydrogen-bond donors (Lipinski definition) is 0. The average Bonchev–Trinajstić information content (AvgIpc) is 2.83. The van der Waals surface area contributed by atoms with E-state index < -0.39 is 17.8 Å². The maximum absolute atomic E-state index is 12.5. The first-order chi connectivity index (χ1) is 7.89. The molecule has 0 bridgehead atoms. The van der Waals surface area contributed by atoms with Crippen molar-refractivity contribution in [3.8, 4) is 0 Å². The predicted octanol–water partition coefficient (Wildman–Crippen LogP) is 1.89. The van der Waals surface area contributed by atoms with Gasteiger partial charge in [-0.25, -0.2) is 0 Å². The molecule has 0 aliphatic rings. The second kappa shape index (κ2) is 3.72. The van der Waals surface area contributed by atoms with Crippen LogP contribution in [0.15, 0.2) is 22.9 Å². The van der Waals surface area contributed by atoms with Crippen LogP contribution < -0.4 is 0 Å². The van der Waals surface area contributed by atoms with Crippen molar-refractivity contribution in [1.29, 1.82) is 0 Å². The molecular formula is C9H6F3N3O2. The largest absolute Gasteiger partial charge is 0.433 e. The molecule has 0 amide bonds. The number of carbonyl (C=O) groups is 1. The van der Waals surface area contributed by atoms with Gasteiger partial charge in [0.25, 0.3) is 0 Å². The Labute approximate surface area is 92.8 Å². The van der Waals surface area contributed by atoms with Crippen molar-refractivity contribution in [3.63, 3.8) is 0 Å². The van der Waals surface area contributed by atoms with Gasteiger partial charge in [-0.2, -0.15) is 23.0 Å². The van der Waals surface area contributed by atoms with Gasteiger partial charge in [-0.1, -0.05) is 5.16 Å². The van der Waals surface area contributed by atoms with Gasteiger partial charge in [0.15, 0.2) is 5.69 Å². The van der Waals surface area contributed by atoms with Gasteiger partial charge >= 0.3 is 12.1 Å². The Morgan fingerprint density at radius 1 is 1.47 bits per heavy atom. The third kappa shape index (κ3) is 2.05. The molecule has 0 atom stereocenters. The van der Waals surface area contributed by atoms with E-state index in [1.165, 1.54) is 6.07 Å². The van der Waals surface area contributed by atoms with Crippen molar-refractivity contribution >= 4 is 5.91 Å². The molecule has 0 aliphatic carbocycles. The van der Waals surface area contributed by atoms with E-state index in [0.29, 0.717) is 11.8 Å². The van der Waals surface area contributed by atoms with Crippen LogP contribution in [-0.4, -0.2) is 20.8 Å². The molecule has 5 nitrogen and oxygen atoms in total. The van der Waals surface area contributed by atoms with E-state index in [9.17, 15) is 18.0 Å². The number of carbonyl (C=O) groups excluding carboxylic acids is 1. The number of hydrogen-bond acceptors (Lipinski definition) is 4. The van der Waals surface area contributed by atoms with Crippen molar-refractivity contribution in [1.82, 2.24) is 14.9 Å². The summed E-state index contributed by atoms with van der Waals surface area (Å²) in [5, 5.41) is 6.75. The zero-order valence-electron chi connectivity index (χ0n) is 8.52. The Kier molecular flexibility index (Phi) is 2.49. The summed E-state index contributed by atoms with van der Waals surface area (Å²) in [6, 6.07) is 1.95. The zero-order chi connectivity index (χ0) is 12.6. The number of halogens is 3. The molecule has 0 aromatic carbocycles. The minimum atomic E-state index is -4.65. The molecule has 90 valence electrons. The number of aryl methyl sites for hydroxylation is 1. The predicted molar refractivity (Wildman–Crippen MR) is 48.2 cm³/mol. The highest BCUT2D eigenvalue weighted by atomic mass is 19.4. The summed E-state index contributed by atoms with van der Waals surface area (Å²) >= 11 is 0. The van der Waals surface area contributed by atoms with Gasteiger partial charge in [0.2, 0.25) is 5.76 Å². The second-order valence-electron chi connectivity index (χ2n) is 3.26. The van der Waals surface area contributed by atoms with Crippen molar-refractivity contribution in [2.75, 3.05) is 0 Å². The monoisotopic (exact) mass is 245 g/mol. The fourth-order valence-corrected chi connectivity index (χ4v) is 1.25. The topological polar surface area (TPSA) is 60.9 Å². The van der Waals surface area contributed by atoms with Gasteiger partial charge in [-0.3, -0.25) is 4.79 Å². The maximum Gasteiger partial charge on any atom is 0.433 e. The lowest BCUT2D eigenvalue weighted by atomic mass is 10.3. The van der Waals surface area contributed by atoms with Crippen molar-refractivity contribution in [3.05, 3.63) is 35.5 Å². The van der Waals surface area contributed by atoms with E-state index in [-0.39, 0.29) is 10.4 Å². The van der Waals surface area contributed by atoms with Gasteiger partial charge in [-0.05, 0) is 13.0 Å².